The van der Waals surface area contributed by atoms with E-state index in [0.717, 1.165) is 5.56 Å². The van der Waals surface area contributed by atoms with Crippen LogP contribution in [0.25, 0.3) is 0 Å². The molecule has 0 aromatic heterocycles. The van der Waals surface area contributed by atoms with Crippen LogP contribution in [-0.2, 0) is 6.54 Å². The van der Waals surface area contributed by atoms with Gasteiger partial charge in [-0.3, -0.25) is 4.90 Å². The van der Waals surface area contributed by atoms with Crippen molar-refractivity contribution in [2.24, 2.45) is 0 Å². The molecular weight excluding hydrogens is 210 g/mol. The van der Waals surface area contributed by atoms with Crippen molar-refractivity contribution in [2.45, 2.75) is 6.54 Å². The van der Waals surface area contributed by atoms with Crippen molar-refractivity contribution in [1.29, 1.82) is 10.5 Å². The van der Waals surface area contributed by atoms with Crippen LogP contribution in [0.3, 0.4) is 0 Å². The van der Waals surface area contributed by atoms with Gasteiger partial charge in [0, 0.05) is 11.6 Å². The molecule has 76 valence electrons. The highest BCUT2D eigenvalue weighted by Gasteiger charge is 2.04. The first-order valence-corrected chi connectivity index (χ1v) is 4.79. The highest BCUT2D eigenvalue weighted by Crippen LogP contribution is 2.18. The van der Waals surface area contributed by atoms with E-state index in [1.165, 1.54) is 0 Å². The first-order valence-electron chi connectivity index (χ1n) is 4.41. The van der Waals surface area contributed by atoms with Gasteiger partial charge in [-0.05, 0) is 24.7 Å². The smallest absolute Gasteiger partial charge is 0.0992 e. The molecule has 1 aromatic carbocycles. The summed E-state index contributed by atoms with van der Waals surface area (Å²) in [6.07, 6.45) is 0. The van der Waals surface area contributed by atoms with Crippen LogP contribution in [0.1, 0.15) is 11.1 Å². The molecule has 3 nitrogen and oxygen atoms in total. The van der Waals surface area contributed by atoms with Gasteiger partial charge in [0.15, 0.2) is 0 Å². The SMILES string of the molecule is CN(CC#N)Cc1ccc(C#N)cc1Cl. The van der Waals surface area contributed by atoms with Crippen molar-refractivity contribution in [1.82, 2.24) is 4.90 Å². The Balaban J connectivity index is 2.80. The fraction of sp³-hybridized carbons (Fsp3) is 0.273. The van der Waals surface area contributed by atoms with E-state index in [0.29, 0.717) is 23.7 Å². The van der Waals surface area contributed by atoms with Gasteiger partial charge in [-0.1, -0.05) is 17.7 Å². The lowest BCUT2D eigenvalue weighted by atomic mass is 10.1. The molecule has 0 aliphatic carbocycles. The Morgan fingerprint density at radius 3 is 2.67 bits per heavy atom. The Bertz CT molecular complexity index is 428. The molecule has 0 fully saturated rings. The van der Waals surface area contributed by atoms with E-state index in [2.05, 4.69) is 6.07 Å². The van der Waals surface area contributed by atoms with Gasteiger partial charge in [-0.25, -0.2) is 0 Å². The van der Waals surface area contributed by atoms with E-state index in [1.54, 1.807) is 12.1 Å². The van der Waals surface area contributed by atoms with Crippen molar-refractivity contribution >= 4 is 11.6 Å². The normalized spacial score (nSPS) is 9.67. The zero-order valence-electron chi connectivity index (χ0n) is 8.37. The number of hydrogen-bond donors (Lipinski definition) is 0. The molecule has 1 rings (SSSR count). The fourth-order valence-electron chi connectivity index (χ4n) is 1.21. The molecule has 15 heavy (non-hydrogen) atoms. The third-order valence-corrected chi connectivity index (χ3v) is 2.31. The first-order chi connectivity index (χ1) is 7.17. The van der Waals surface area contributed by atoms with Crippen LogP contribution in [0.15, 0.2) is 18.2 Å². The second kappa shape index (κ2) is 5.36. The minimum atomic E-state index is 0.357. The van der Waals surface area contributed by atoms with E-state index in [1.807, 2.05) is 24.1 Å². The summed E-state index contributed by atoms with van der Waals surface area (Å²) in [4.78, 5) is 1.85. The van der Waals surface area contributed by atoms with E-state index in [4.69, 9.17) is 22.1 Å². The molecule has 0 saturated heterocycles. The molecule has 0 unspecified atom stereocenters. The maximum atomic E-state index is 8.66. The molecule has 1 aromatic rings. The number of benzene rings is 1. The summed E-state index contributed by atoms with van der Waals surface area (Å²) < 4.78 is 0. The third kappa shape index (κ3) is 3.25. The van der Waals surface area contributed by atoms with Gasteiger partial charge in [0.2, 0.25) is 0 Å². The van der Waals surface area contributed by atoms with Crippen LogP contribution in [0.5, 0.6) is 0 Å². The lowest BCUT2D eigenvalue weighted by Crippen LogP contribution is -2.17. The Kier molecular flexibility index (Phi) is 4.12. The molecule has 0 radical (unpaired) electrons. The van der Waals surface area contributed by atoms with Crippen LogP contribution in [0, 0.1) is 22.7 Å². The molecule has 0 bridgehead atoms. The Morgan fingerprint density at radius 1 is 1.40 bits per heavy atom. The maximum Gasteiger partial charge on any atom is 0.0992 e. The summed E-state index contributed by atoms with van der Waals surface area (Å²) in [5, 5.41) is 17.7. The number of rotatable bonds is 3. The molecular formula is C11H10ClN3. The quantitative estimate of drug-likeness (QED) is 0.732. The van der Waals surface area contributed by atoms with Crippen LogP contribution in [0.4, 0.5) is 0 Å². The van der Waals surface area contributed by atoms with Gasteiger partial charge >= 0.3 is 0 Å². The third-order valence-electron chi connectivity index (χ3n) is 1.96. The average Bonchev–Trinajstić information content (AvgIpc) is 2.21. The van der Waals surface area contributed by atoms with Crippen LogP contribution < -0.4 is 0 Å². The highest BCUT2D eigenvalue weighted by atomic mass is 35.5. The minimum absolute atomic E-state index is 0.357. The van der Waals surface area contributed by atoms with Crippen molar-refractivity contribution in [3.05, 3.63) is 34.3 Å². The molecule has 0 aliphatic rings. The molecule has 0 amide bonds. The molecule has 0 heterocycles. The molecule has 0 N–H and O–H groups in total. The van der Waals surface area contributed by atoms with Gasteiger partial charge in [-0.15, -0.1) is 0 Å². The van der Waals surface area contributed by atoms with Gasteiger partial charge < -0.3 is 0 Å². The van der Waals surface area contributed by atoms with Gasteiger partial charge in [0.1, 0.15) is 0 Å². The van der Waals surface area contributed by atoms with Gasteiger partial charge in [-0.2, -0.15) is 10.5 Å². The zero-order chi connectivity index (χ0) is 11.3. The average molecular weight is 220 g/mol. The fourth-order valence-corrected chi connectivity index (χ4v) is 1.45. The Hall–Kier alpha value is -1.55. The monoisotopic (exact) mass is 219 g/mol. The topological polar surface area (TPSA) is 50.8 Å². The van der Waals surface area contributed by atoms with E-state index >= 15 is 0 Å². The minimum Gasteiger partial charge on any atom is -0.289 e. The summed E-state index contributed by atoms with van der Waals surface area (Å²) in [6.45, 7) is 0.967. The van der Waals surface area contributed by atoms with Crippen molar-refractivity contribution in [2.75, 3.05) is 13.6 Å². The largest absolute Gasteiger partial charge is 0.289 e. The first kappa shape index (κ1) is 11.5. The zero-order valence-corrected chi connectivity index (χ0v) is 9.12. The van der Waals surface area contributed by atoms with Crippen LogP contribution in [0.2, 0.25) is 5.02 Å². The lowest BCUT2D eigenvalue weighted by Gasteiger charge is -2.13. The van der Waals surface area contributed by atoms with E-state index in [9.17, 15) is 0 Å². The van der Waals surface area contributed by atoms with Crippen molar-refractivity contribution in [3.8, 4) is 12.1 Å². The van der Waals surface area contributed by atoms with Crippen LogP contribution in [-0.4, -0.2) is 18.5 Å². The standard InChI is InChI=1S/C11H10ClN3/c1-15(5-4-13)8-10-3-2-9(7-14)6-11(10)12/h2-3,6H,5,8H2,1H3. The molecule has 0 atom stereocenters. The molecule has 0 saturated carbocycles. The van der Waals surface area contributed by atoms with Crippen LogP contribution >= 0.6 is 11.6 Å². The number of nitrogens with zero attached hydrogens (tertiary/aromatic N) is 3. The summed E-state index contributed by atoms with van der Waals surface area (Å²) in [5.74, 6) is 0. The molecule has 0 aliphatic heterocycles. The predicted octanol–water partition coefficient (Wildman–Crippen LogP) is 2.17. The maximum absolute atomic E-state index is 8.66. The number of hydrogen-bond acceptors (Lipinski definition) is 3. The molecule has 4 heteroatoms. The van der Waals surface area contributed by atoms with E-state index < -0.39 is 0 Å². The second-order valence-corrected chi connectivity index (χ2v) is 3.66. The summed E-state index contributed by atoms with van der Waals surface area (Å²) in [7, 11) is 1.84. The number of halogens is 1. The summed E-state index contributed by atoms with van der Waals surface area (Å²) >= 11 is 5.99. The van der Waals surface area contributed by atoms with E-state index in [-0.39, 0.29) is 0 Å². The molecule has 0 spiro atoms. The van der Waals surface area contributed by atoms with Crippen molar-refractivity contribution in [3.63, 3.8) is 0 Å². The second-order valence-electron chi connectivity index (χ2n) is 3.25. The Labute approximate surface area is 94.1 Å². The predicted molar refractivity (Wildman–Crippen MR) is 58.1 cm³/mol. The van der Waals surface area contributed by atoms with Crippen molar-refractivity contribution < 1.29 is 0 Å². The van der Waals surface area contributed by atoms with Gasteiger partial charge in [0.25, 0.3) is 0 Å². The number of nitriles is 2. The van der Waals surface area contributed by atoms with Gasteiger partial charge in [0.05, 0.1) is 24.2 Å². The Morgan fingerprint density at radius 2 is 2.13 bits per heavy atom. The highest BCUT2D eigenvalue weighted by molar-refractivity contribution is 6.31. The summed E-state index contributed by atoms with van der Waals surface area (Å²) in [5.41, 5.74) is 1.47. The lowest BCUT2D eigenvalue weighted by molar-refractivity contribution is 0.367. The summed E-state index contributed by atoms with van der Waals surface area (Å²) in [6, 6.07) is 9.26.